The monoisotopic (exact) mass is 290 g/mol. The van der Waals surface area contributed by atoms with Crippen molar-refractivity contribution in [3.8, 4) is 11.5 Å². The van der Waals surface area contributed by atoms with E-state index in [0.29, 0.717) is 16.0 Å². The molecule has 0 spiro atoms. The zero-order chi connectivity index (χ0) is 12.3. The number of carboxylic acids is 1. The zero-order valence-electron chi connectivity index (χ0n) is 8.73. The van der Waals surface area contributed by atoms with Crippen LogP contribution in [-0.4, -0.2) is 30.4 Å². The number of methoxy groups -OCH3 is 2. The van der Waals surface area contributed by atoms with Gasteiger partial charge in [0.1, 0.15) is 0 Å². The predicted molar refractivity (Wildman–Crippen MR) is 59.8 cm³/mol. The van der Waals surface area contributed by atoms with Crippen molar-refractivity contribution in [2.24, 2.45) is 0 Å². The van der Waals surface area contributed by atoms with Gasteiger partial charge in [0, 0.05) is 10.0 Å². The Morgan fingerprint density at radius 1 is 1.31 bits per heavy atom. The van der Waals surface area contributed by atoms with Gasteiger partial charge in [0.25, 0.3) is 0 Å². The molecule has 5 nitrogen and oxygen atoms in total. The Labute approximate surface area is 101 Å². The van der Waals surface area contributed by atoms with Gasteiger partial charge in [-0.25, -0.2) is 4.79 Å². The van der Waals surface area contributed by atoms with Crippen LogP contribution in [0.5, 0.6) is 11.5 Å². The van der Waals surface area contributed by atoms with Crippen LogP contribution in [-0.2, 0) is 4.79 Å². The fraction of sp³-hybridized carbons (Fsp3) is 0.300. The van der Waals surface area contributed by atoms with E-state index in [1.54, 1.807) is 6.07 Å². The zero-order valence-corrected chi connectivity index (χ0v) is 10.3. The van der Waals surface area contributed by atoms with Gasteiger partial charge in [-0.15, -0.1) is 0 Å². The number of carboxylic acid groups (broad SMARTS) is 1. The maximum absolute atomic E-state index is 10.7. The molecular weight excluding hydrogens is 280 g/mol. The molecule has 2 N–H and O–H groups in total. The molecule has 0 bridgehead atoms. The Morgan fingerprint density at radius 3 is 2.25 bits per heavy atom. The molecular formula is C10H11BrO5. The van der Waals surface area contributed by atoms with Gasteiger partial charge in [0.2, 0.25) is 0 Å². The highest BCUT2D eigenvalue weighted by atomic mass is 79.9. The highest BCUT2D eigenvalue weighted by molar-refractivity contribution is 9.10. The van der Waals surface area contributed by atoms with E-state index in [0.717, 1.165) is 0 Å². The lowest BCUT2D eigenvalue weighted by molar-refractivity contribution is -0.147. The maximum Gasteiger partial charge on any atom is 0.337 e. The summed E-state index contributed by atoms with van der Waals surface area (Å²) < 4.78 is 10.5. The second kappa shape index (κ2) is 5.18. The van der Waals surface area contributed by atoms with Crippen molar-refractivity contribution in [1.29, 1.82) is 0 Å². The Bertz CT molecular complexity index is 404. The predicted octanol–water partition coefficient (Wildman–Crippen LogP) is 1.58. The van der Waals surface area contributed by atoms with Gasteiger partial charge in [-0.3, -0.25) is 0 Å². The van der Waals surface area contributed by atoms with Crippen LogP contribution in [0.4, 0.5) is 0 Å². The summed E-state index contributed by atoms with van der Waals surface area (Å²) in [4.78, 5) is 10.7. The molecule has 0 radical (unpaired) electrons. The summed E-state index contributed by atoms with van der Waals surface area (Å²) in [6.07, 6.45) is -1.60. The van der Waals surface area contributed by atoms with Crippen LogP contribution < -0.4 is 9.47 Å². The summed E-state index contributed by atoms with van der Waals surface area (Å²) in [5.74, 6) is -0.510. The molecule has 0 amide bonds. The van der Waals surface area contributed by atoms with E-state index in [-0.39, 0.29) is 5.56 Å². The molecule has 0 saturated heterocycles. The molecule has 6 heteroatoms. The largest absolute Gasteiger partial charge is 0.493 e. The van der Waals surface area contributed by atoms with Crippen LogP contribution >= 0.6 is 15.9 Å². The van der Waals surface area contributed by atoms with Crippen LogP contribution in [0.25, 0.3) is 0 Å². The first-order valence-corrected chi connectivity index (χ1v) is 5.12. The first-order chi connectivity index (χ1) is 7.51. The van der Waals surface area contributed by atoms with E-state index in [9.17, 15) is 9.90 Å². The molecule has 0 fully saturated rings. The van der Waals surface area contributed by atoms with Crippen LogP contribution in [0.2, 0.25) is 0 Å². The highest BCUT2D eigenvalue weighted by Crippen LogP contribution is 2.35. The molecule has 1 unspecified atom stereocenters. The minimum atomic E-state index is -1.60. The van der Waals surface area contributed by atoms with Crippen molar-refractivity contribution in [1.82, 2.24) is 0 Å². The summed E-state index contributed by atoms with van der Waals surface area (Å²) in [5, 5.41) is 18.1. The van der Waals surface area contributed by atoms with Crippen molar-refractivity contribution in [3.05, 3.63) is 22.2 Å². The molecule has 0 aromatic heterocycles. The number of aliphatic carboxylic acids is 1. The number of rotatable bonds is 4. The average Bonchev–Trinajstić information content (AvgIpc) is 2.27. The van der Waals surface area contributed by atoms with Crippen LogP contribution in [0.15, 0.2) is 16.6 Å². The van der Waals surface area contributed by atoms with Crippen LogP contribution in [0.1, 0.15) is 11.7 Å². The number of benzene rings is 1. The Balaban J connectivity index is 3.26. The number of hydrogen-bond donors (Lipinski definition) is 2. The molecule has 0 saturated carbocycles. The molecule has 1 rings (SSSR count). The minimum Gasteiger partial charge on any atom is -0.493 e. The topological polar surface area (TPSA) is 76.0 Å². The van der Waals surface area contributed by atoms with Crippen molar-refractivity contribution < 1.29 is 24.5 Å². The van der Waals surface area contributed by atoms with Gasteiger partial charge in [-0.1, -0.05) is 15.9 Å². The van der Waals surface area contributed by atoms with Gasteiger partial charge < -0.3 is 19.7 Å². The van der Waals surface area contributed by atoms with Crippen LogP contribution in [0.3, 0.4) is 0 Å². The standard InChI is InChI=1S/C10H11BrO5/c1-15-7-3-5(9(12)10(13)14)6(11)4-8(7)16-2/h3-4,9,12H,1-2H3,(H,13,14). The van der Waals surface area contributed by atoms with E-state index >= 15 is 0 Å². The number of ether oxygens (including phenoxy) is 2. The molecule has 0 aliphatic carbocycles. The molecule has 1 aromatic carbocycles. The summed E-state index contributed by atoms with van der Waals surface area (Å²) in [6.45, 7) is 0. The summed E-state index contributed by atoms with van der Waals surface area (Å²) in [5.41, 5.74) is 0.213. The van der Waals surface area contributed by atoms with E-state index in [4.69, 9.17) is 14.6 Å². The summed E-state index contributed by atoms with van der Waals surface area (Å²) >= 11 is 3.16. The molecule has 16 heavy (non-hydrogen) atoms. The molecule has 88 valence electrons. The molecule has 0 heterocycles. The third-order valence-electron chi connectivity index (χ3n) is 2.03. The summed E-state index contributed by atoms with van der Waals surface area (Å²) in [6, 6.07) is 2.96. The number of halogens is 1. The van der Waals surface area contributed by atoms with Crippen molar-refractivity contribution >= 4 is 21.9 Å². The van der Waals surface area contributed by atoms with Crippen LogP contribution in [0, 0.1) is 0 Å². The fourth-order valence-electron chi connectivity index (χ4n) is 1.21. The Hall–Kier alpha value is -1.27. The third-order valence-corrected chi connectivity index (χ3v) is 2.72. The third kappa shape index (κ3) is 2.45. The van der Waals surface area contributed by atoms with Crippen molar-refractivity contribution in [2.45, 2.75) is 6.10 Å². The van der Waals surface area contributed by atoms with E-state index < -0.39 is 12.1 Å². The van der Waals surface area contributed by atoms with Gasteiger partial charge in [-0.2, -0.15) is 0 Å². The van der Waals surface area contributed by atoms with E-state index in [2.05, 4.69) is 15.9 Å². The van der Waals surface area contributed by atoms with E-state index in [1.807, 2.05) is 0 Å². The maximum atomic E-state index is 10.7. The molecule has 1 aromatic rings. The minimum absolute atomic E-state index is 0.213. The summed E-state index contributed by atoms with van der Waals surface area (Å²) in [7, 11) is 2.90. The second-order valence-corrected chi connectivity index (χ2v) is 3.82. The van der Waals surface area contributed by atoms with Gasteiger partial charge in [0.05, 0.1) is 14.2 Å². The molecule has 0 aliphatic rings. The lowest BCUT2D eigenvalue weighted by Crippen LogP contribution is -2.11. The van der Waals surface area contributed by atoms with Crippen molar-refractivity contribution in [2.75, 3.05) is 14.2 Å². The lowest BCUT2D eigenvalue weighted by Gasteiger charge is -2.13. The number of hydrogen-bond acceptors (Lipinski definition) is 4. The normalized spacial score (nSPS) is 12.0. The van der Waals surface area contributed by atoms with E-state index in [1.165, 1.54) is 20.3 Å². The quantitative estimate of drug-likeness (QED) is 0.881. The fourth-order valence-corrected chi connectivity index (χ4v) is 1.75. The average molecular weight is 291 g/mol. The number of aliphatic hydroxyl groups is 1. The van der Waals surface area contributed by atoms with Gasteiger partial charge >= 0.3 is 5.97 Å². The Kier molecular flexibility index (Phi) is 4.14. The second-order valence-electron chi connectivity index (χ2n) is 2.97. The highest BCUT2D eigenvalue weighted by Gasteiger charge is 2.21. The lowest BCUT2D eigenvalue weighted by atomic mass is 10.1. The molecule has 0 aliphatic heterocycles. The number of carbonyl (C=O) groups is 1. The number of aliphatic hydroxyl groups excluding tert-OH is 1. The first kappa shape index (κ1) is 12.8. The van der Waals surface area contributed by atoms with Gasteiger partial charge in [-0.05, 0) is 12.1 Å². The van der Waals surface area contributed by atoms with Gasteiger partial charge in [0.15, 0.2) is 17.6 Å². The smallest absolute Gasteiger partial charge is 0.337 e. The Morgan fingerprint density at radius 2 is 1.81 bits per heavy atom. The SMILES string of the molecule is COc1cc(Br)c(C(O)C(=O)O)cc1OC. The van der Waals surface area contributed by atoms with Crippen molar-refractivity contribution in [3.63, 3.8) is 0 Å². The molecule has 1 atom stereocenters. The first-order valence-electron chi connectivity index (χ1n) is 4.33.